The zero-order valence-electron chi connectivity index (χ0n) is 17.1. The van der Waals surface area contributed by atoms with Gasteiger partial charge in [-0.1, -0.05) is 11.8 Å². The molecule has 31 heavy (non-hydrogen) atoms. The lowest BCUT2D eigenvalue weighted by atomic mass is 10.0. The van der Waals surface area contributed by atoms with Crippen LogP contribution in [0.15, 0.2) is 29.4 Å². The van der Waals surface area contributed by atoms with Gasteiger partial charge < -0.3 is 9.88 Å². The number of fused-ring (bicyclic) bond motifs is 1. The summed E-state index contributed by atoms with van der Waals surface area (Å²) in [5, 5.41) is 12.5. The first kappa shape index (κ1) is 21.8. The van der Waals surface area contributed by atoms with Crippen LogP contribution in [-0.2, 0) is 34.7 Å². The maximum atomic E-state index is 12.4. The number of benzene rings is 1. The lowest BCUT2D eigenvalue weighted by molar-refractivity contribution is -0.113. The quantitative estimate of drug-likeness (QED) is 0.501. The molecule has 0 radical (unpaired) electrons. The van der Waals surface area contributed by atoms with Gasteiger partial charge in [-0.05, 0) is 49.9 Å². The van der Waals surface area contributed by atoms with Crippen molar-refractivity contribution >= 4 is 49.8 Å². The molecule has 0 unspecified atom stereocenters. The highest BCUT2D eigenvalue weighted by molar-refractivity contribution is 7.99. The van der Waals surface area contributed by atoms with Gasteiger partial charge in [-0.2, -0.15) is 0 Å². The third kappa shape index (κ3) is 5.43. The predicted octanol–water partition coefficient (Wildman–Crippen LogP) is 2.92. The number of hydrogen-bond acceptors (Lipinski definition) is 8. The molecule has 12 heteroatoms. The number of thioether (sulfide) groups is 1. The lowest BCUT2D eigenvalue weighted by Gasteiger charge is -2.06. The minimum atomic E-state index is -3.33. The monoisotopic (exact) mass is 478 g/mol. The van der Waals surface area contributed by atoms with Gasteiger partial charge in [-0.25, -0.2) is 13.4 Å². The van der Waals surface area contributed by atoms with Crippen molar-refractivity contribution in [2.75, 3.05) is 22.0 Å². The number of aryl methyl sites for hydroxylation is 2. The molecule has 0 atom stereocenters. The molecule has 2 aromatic heterocycles. The summed E-state index contributed by atoms with van der Waals surface area (Å²) < 4.78 is 26.9. The Morgan fingerprint density at radius 1 is 1.19 bits per heavy atom. The summed E-state index contributed by atoms with van der Waals surface area (Å²) in [6.07, 6.45) is 5.48. The largest absolute Gasteiger partial charge is 0.305 e. The number of hydrogen-bond donors (Lipinski definition) is 2. The van der Waals surface area contributed by atoms with Gasteiger partial charge in [0.1, 0.15) is 0 Å². The van der Waals surface area contributed by atoms with E-state index in [4.69, 9.17) is 0 Å². The van der Waals surface area contributed by atoms with Gasteiger partial charge in [0.2, 0.25) is 15.9 Å². The first-order chi connectivity index (χ1) is 14.8. The van der Waals surface area contributed by atoms with Crippen LogP contribution in [0.2, 0.25) is 0 Å². The zero-order valence-corrected chi connectivity index (χ0v) is 19.5. The number of nitrogens with one attached hydrogen (secondary N) is 2. The Morgan fingerprint density at radius 2 is 1.94 bits per heavy atom. The topological polar surface area (TPSA) is 119 Å². The predicted molar refractivity (Wildman–Crippen MR) is 123 cm³/mol. The number of anilines is 2. The highest BCUT2D eigenvalue weighted by atomic mass is 32.2. The molecule has 9 nitrogen and oxygen atoms in total. The molecule has 0 aliphatic heterocycles. The van der Waals surface area contributed by atoms with Crippen LogP contribution in [0.1, 0.15) is 23.4 Å². The lowest BCUT2D eigenvalue weighted by Crippen LogP contribution is -2.14. The van der Waals surface area contributed by atoms with Crippen molar-refractivity contribution < 1.29 is 13.2 Å². The number of aromatic nitrogens is 4. The normalized spacial score (nSPS) is 13.6. The van der Waals surface area contributed by atoms with E-state index in [2.05, 4.69) is 25.2 Å². The first-order valence-corrected chi connectivity index (χ1v) is 13.4. The van der Waals surface area contributed by atoms with E-state index in [-0.39, 0.29) is 11.7 Å². The molecule has 164 valence electrons. The molecule has 1 aliphatic carbocycles. The fourth-order valence-corrected chi connectivity index (χ4v) is 5.63. The zero-order chi connectivity index (χ0) is 22.0. The van der Waals surface area contributed by atoms with Crippen LogP contribution in [0.3, 0.4) is 0 Å². The van der Waals surface area contributed by atoms with E-state index < -0.39 is 10.0 Å². The van der Waals surface area contributed by atoms with Crippen molar-refractivity contribution in [1.29, 1.82) is 0 Å². The van der Waals surface area contributed by atoms with Gasteiger partial charge in [-0.15, -0.1) is 21.5 Å². The summed E-state index contributed by atoms with van der Waals surface area (Å²) in [4.78, 5) is 18.2. The number of nitrogens with zero attached hydrogens (tertiary/aromatic N) is 4. The number of carbonyl (C=O) groups excluding carboxylic acids is 1. The van der Waals surface area contributed by atoms with Crippen LogP contribution in [0.25, 0.3) is 11.4 Å². The van der Waals surface area contributed by atoms with Crippen LogP contribution in [0.4, 0.5) is 10.8 Å². The average Bonchev–Trinajstić information content (AvgIpc) is 3.28. The molecule has 1 amide bonds. The van der Waals surface area contributed by atoms with Gasteiger partial charge in [-0.3, -0.25) is 9.52 Å². The molecule has 0 spiro atoms. The number of carbonyl (C=O) groups is 1. The molecule has 1 aromatic carbocycles. The van der Waals surface area contributed by atoms with Gasteiger partial charge >= 0.3 is 0 Å². The van der Waals surface area contributed by atoms with E-state index in [0.29, 0.717) is 21.8 Å². The maximum absolute atomic E-state index is 12.4. The Hall–Kier alpha value is -2.44. The Labute approximate surface area is 188 Å². The fourth-order valence-electron chi connectivity index (χ4n) is 3.28. The SMILES string of the molecule is Cn1c(SCC(=O)Nc2nc3c(s2)CCCC3)nnc1-c1ccc(NS(C)(=O)=O)cc1. The van der Waals surface area contributed by atoms with Crippen LogP contribution in [-0.4, -0.2) is 46.1 Å². The van der Waals surface area contributed by atoms with Gasteiger partial charge in [0.05, 0.1) is 17.7 Å². The Kier molecular flexibility index (Phi) is 6.30. The third-order valence-corrected chi connectivity index (χ3v) is 7.41. The van der Waals surface area contributed by atoms with Crippen molar-refractivity contribution in [2.45, 2.75) is 30.8 Å². The summed E-state index contributed by atoms with van der Waals surface area (Å²) in [6, 6.07) is 6.86. The minimum Gasteiger partial charge on any atom is -0.305 e. The molecule has 0 saturated heterocycles. The van der Waals surface area contributed by atoms with Gasteiger partial charge in [0, 0.05) is 23.2 Å². The number of amides is 1. The van der Waals surface area contributed by atoms with Crippen molar-refractivity contribution in [2.24, 2.45) is 7.05 Å². The van der Waals surface area contributed by atoms with Crippen LogP contribution in [0, 0.1) is 0 Å². The van der Waals surface area contributed by atoms with Gasteiger partial charge in [0.25, 0.3) is 0 Å². The van der Waals surface area contributed by atoms with E-state index >= 15 is 0 Å². The van der Waals surface area contributed by atoms with Crippen molar-refractivity contribution in [3.05, 3.63) is 34.8 Å². The smallest absolute Gasteiger partial charge is 0.236 e. The summed E-state index contributed by atoms with van der Waals surface area (Å²) in [5.41, 5.74) is 2.39. The number of thiazole rings is 1. The summed E-state index contributed by atoms with van der Waals surface area (Å²) >= 11 is 2.86. The molecule has 3 aromatic rings. The van der Waals surface area contributed by atoms with E-state index in [1.807, 2.05) is 7.05 Å². The van der Waals surface area contributed by atoms with E-state index in [0.717, 1.165) is 36.8 Å². The fraction of sp³-hybridized carbons (Fsp3) is 0.368. The average molecular weight is 479 g/mol. The van der Waals surface area contributed by atoms with Gasteiger partial charge in [0.15, 0.2) is 16.1 Å². The van der Waals surface area contributed by atoms with E-state index in [1.54, 1.807) is 40.2 Å². The minimum absolute atomic E-state index is 0.128. The van der Waals surface area contributed by atoms with Crippen LogP contribution in [0.5, 0.6) is 0 Å². The highest BCUT2D eigenvalue weighted by Crippen LogP contribution is 2.30. The highest BCUT2D eigenvalue weighted by Gasteiger charge is 2.17. The second-order valence-corrected chi connectivity index (χ2v) is 11.0. The summed E-state index contributed by atoms with van der Waals surface area (Å²) in [7, 11) is -1.50. The van der Waals surface area contributed by atoms with Crippen molar-refractivity contribution in [3.8, 4) is 11.4 Å². The Bertz CT molecular complexity index is 1180. The second-order valence-electron chi connectivity index (χ2n) is 7.25. The first-order valence-electron chi connectivity index (χ1n) is 9.67. The molecular formula is C19H22N6O3S3. The van der Waals surface area contributed by atoms with Crippen LogP contribution < -0.4 is 10.0 Å². The number of sulfonamides is 1. The molecule has 2 heterocycles. The van der Waals surface area contributed by atoms with Crippen LogP contribution >= 0.6 is 23.1 Å². The van der Waals surface area contributed by atoms with Crippen molar-refractivity contribution in [3.63, 3.8) is 0 Å². The third-order valence-electron chi connectivity index (χ3n) is 4.71. The Morgan fingerprint density at radius 3 is 2.65 bits per heavy atom. The molecule has 1 aliphatic rings. The van der Waals surface area contributed by atoms with E-state index in [9.17, 15) is 13.2 Å². The Balaban J connectivity index is 1.37. The molecular weight excluding hydrogens is 456 g/mol. The summed E-state index contributed by atoms with van der Waals surface area (Å²) in [5.74, 6) is 0.700. The molecule has 0 bridgehead atoms. The molecule has 0 fully saturated rings. The maximum Gasteiger partial charge on any atom is 0.236 e. The standard InChI is InChI=1S/C19H22N6O3S3/c1-25-17(12-7-9-13(10-8-12)24-31(2,27)28)22-23-19(25)29-11-16(26)21-18-20-14-5-3-4-6-15(14)30-18/h7-10,24H,3-6,11H2,1-2H3,(H,20,21,26). The number of rotatable bonds is 7. The van der Waals surface area contributed by atoms with E-state index in [1.165, 1.54) is 23.1 Å². The van der Waals surface area contributed by atoms with Crippen molar-refractivity contribution in [1.82, 2.24) is 19.7 Å². The summed E-state index contributed by atoms with van der Waals surface area (Å²) in [6.45, 7) is 0. The molecule has 2 N–H and O–H groups in total. The molecule has 4 rings (SSSR count). The molecule has 0 saturated carbocycles. The second kappa shape index (κ2) is 8.97.